The van der Waals surface area contributed by atoms with Gasteiger partial charge in [-0.25, -0.2) is 0 Å². The quantitative estimate of drug-likeness (QED) is 0.876. The Morgan fingerprint density at radius 1 is 1.11 bits per heavy atom. The number of hydrogen-bond acceptors (Lipinski definition) is 2. The van der Waals surface area contributed by atoms with Crippen molar-refractivity contribution in [1.82, 2.24) is 5.32 Å². The minimum Gasteiger partial charge on any atom is -0.489 e. The number of nitrogens with one attached hydrogen (secondary N) is 1. The second-order valence-electron chi connectivity index (χ2n) is 4.81. The van der Waals surface area contributed by atoms with Crippen molar-refractivity contribution in [2.45, 2.75) is 26.5 Å². The normalized spacial score (nSPS) is 12.2. The van der Waals surface area contributed by atoms with Crippen LogP contribution in [0.25, 0.3) is 0 Å². The maximum Gasteiger partial charge on any atom is 0.122 e. The summed E-state index contributed by atoms with van der Waals surface area (Å²) in [6.45, 7) is 4.86. The molecule has 0 amide bonds. The van der Waals surface area contributed by atoms with Gasteiger partial charge in [-0.1, -0.05) is 42.5 Å². The van der Waals surface area contributed by atoms with Crippen molar-refractivity contribution in [2.24, 2.45) is 0 Å². The highest BCUT2D eigenvalue weighted by atomic mass is 16.5. The van der Waals surface area contributed by atoms with Crippen molar-refractivity contribution in [1.29, 1.82) is 0 Å². The predicted molar refractivity (Wildman–Crippen MR) is 79.4 cm³/mol. The summed E-state index contributed by atoms with van der Waals surface area (Å²) in [4.78, 5) is 0. The molecule has 0 heterocycles. The molecule has 1 unspecified atom stereocenters. The van der Waals surface area contributed by atoms with Gasteiger partial charge in [-0.05, 0) is 43.7 Å². The molecule has 2 heteroatoms. The lowest BCUT2D eigenvalue weighted by atomic mass is 10.1. The molecule has 0 bridgehead atoms. The molecule has 2 rings (SSSR count). The van der Waals surface area contributed by atoms with E-state index in [4.69, 9.17) is 4.74 Å². The maximum absolute atomic E-state index is 5.87. The van der Waals surface area contributed by atoms with Crippen molar-refractivity contribution in [3.8, 4) is 5.75 Å². The summed E-state index contributed by atoms with van der Waals surface area (Å²) in [6.07, 6.45) is 0. The first-order chi connectivity index (χ1) is 9.20. The summed E-state index contributed by atoms with van der Waals surface area (Å²) >= 11 is 0. The van der Waals surface area contributed by atoms with E-state index in [9.17, 15) is 0 Å². The number of aryl methyl sites for hydroxylation is 1. The third-order valence-corrected chi connectivity index (χ3v) is 3.37. The number of ether oxygens (including phenoxy) is 1. The molecule has 0 aromatic heterocycles. The average molecular weight is 255 g/mol. The van der Waals surface area contributed by atoms with Crippen LogP contribution in [0.15, 0.2) is 48.5 Å². The Kier molecular flexibility index (Phi) is 4.58. The standard InChI is InChI=1S/C17H21NO/c1-13-11-16(14(2)18-3)9-10-17(13)19-12-15-7-5-4-6-8-15/h4-11,14,18H,12H2,1-3H3. The number of hydrogen-bond donors (Lipinski definition) is 1. The monoisotopic (exact) mass is 255 g/mol. The second-order valence-corrected chi connectivity index (χ2v) is 4.81. The van der Waals surface area contributed by atoms with E-state index in [1.54, 1.807) is 0 Å². The Morgan fingerprint density at radius 2 is 1.84 bits per heavy atom. The SMILES string of the molecule is CNC(C)c1ccc(OCc2ccccc2)c(C)c1. The minimum absolute atomic E-state index is 0.363. The summed E-state index contributed by atoms with van der Waals surface area (Å²) in [5.74, 6) is 0.955. The van der Waals surface area contributed by atoms with Crippen LogP contribution in [0.3, 0.4) is 0 Å². The largest absolute Gasteiger partial charge is 0.489 e. The molecule has 0 saturated heterocycles. The van der Waals surface area contributed by atoms with Gasteiger partial charge < -0.3 is 10.1 Å². The van der Waals surface area contributed by atoms with E-state index < -0.39 is 0 Å². The van der Waals surface area contributed by atoms with Crippen LogP contribution in [0.5, 0.6) is 5.75 Å². The van der Waals surface area contributed by atoms with Crippen LogP contribution < -0.4 is 10.1 Å². The lowest BCUT2D eigenvalue weighted by Crippen LogP contribution is -2.12. The van der Waals surface area contributed by atoms with E-state index in [1.807, 2.05) is 25.2 Å². The third-order valence-electron chi connectivity index (χ3n) is 3.37. The molecule has 19 heavy (non-hydrogen) atoms. The molecule has 0 saturated carbocycles. The molecule has 0 aliphatic carbocycles. The predicted octanol–water partition coefficient (Wildman–Crippen LogP) is 3.85. The fourth-order valence-corrected chi connectivity index (χ4v) is 2.01. The van der Waals surface area contributed by atoms with E-state index in [2.05, 4.69) is 49.5 Å². The average Bonchev–Trinajstić information content (AvgIpc) is 2.46. The van der Waals surface area contributed by atoms with Gasteiger partial charge in [0.25, 0.3) is 0 Å². The first-order valence-electron chi connectivity index (χ1n) is 6.65. The molecule has 0 fully saturated rings. The van der Waals surface area contributed by atoms with Gasteiger partial charge in [-0.2, -0.15) is 0 Å². The topological polar surface area (TPSA) is 21.3 Å². The number of benzene rings is 2. The minimum atomic E-state index is 0.363. The van der Waals surface area contributed by atoms with Gasteiger partial charge in [-0.15, -0.1) is 0 Å². The molecular formula is C17H21NO. The fraction of sp³-hybridized carbons (Fsp3) is 0.294. The lowest BCUT2D eigenvalue weighted by molar-refractivity contribution is 0.304. The molecule has 0 radical (unpaired) electrons. The van der Waals surface area contributed by atoms with Crippen LogP contribution in [0.2, 0.25) is 0 Å². The van der Waals surface area contributed by atoms with Crippen molar-refractivity contribution in [2.75, 3.05) is 7.05 Å². The van der Waals surface area contributed by atoms with Crippen molar-refractivity contribution < 1.29 is 4.74 Å². The Balaban J connectivity index is 2.05. The second kappa shape index (κ2) is 6.39. The van der Waals surface area contributed by atoms with Crippen molar-refractivity contribution in [3.63, 3.8) is 0 Å². The van der Waals surface area contributed by atoms with Crippen LogP contribution in [0.4, 0.5) is 0 Å². The Morgan fingerprint density at radius 3 is 2.47 bits per heavy atom. The van der Waals surface area contributed by atoms with Crippen LogP contribution in [0, 0.1) is 6.92 Å². The molecule has 1 N–H and O–H groups in total. The van der Waals surface area contributed by atoms with Gasteiger partial charge in [0.2, 0.25) is 0 Å². The molecule has 0 aliphatic rings. The summed E-state index contributed by atoms with van der Waals surface area (Å²) in [5, 5.41) is 3.24. The Labute approximate surface area is 115 Å². The Bertz CT molecular complexity index is 522. The maximum atomic E-state index is 5.87. The zero-order valence-corrected chi connectivity index (χ0v) is 11.8. The van der Waals surface area contributed by atoms with E-state index in [-0.39, 0.29) is 0 Å². The van der Waals surface area contributed by atoms with Gasteiger partial charge >= 0.3 is 0 Å². The summed E-state index contributed by atoms with van der Waals surface area (Å²) in [7, 11) is 1.97. The van der Waals surface area contributed by atoms with Crippen LogP contribution in [-0.2, 0) is 6.61 Å². The zero-order valence-electron chi connectivity index (χ0n) is 11.8. The molecule has 1 atom stereocenters. The number of rotatable bonds is 5. The van der Waals surface area contributed by atoms with Crippen molar-refractivity contribution in [3.05, 3.63) is 65.2 Å². The van der Waals surface area contributed by atoms with Crippen LogP contribution in [-0.4, -0.2) is 7.05 Å². The van der Waals surface area contributed by atoms with E-state index in [0.29, 0.717) is 12.6 Å². The smallest absolute Gasteiger partial charge is 0.122 e. The van der Waals surface area contributed by atoms with E-state index in [1.165, 1.54) is 16.7 Å². The summed E-state index contributed by atoms with van der Waals surface area (Å²) in [5.41, 5.74) is 3.65. The van der Waals surface area contributed by atoms with E-state index >= 15 is 0 Å². The zero-order chi connectivity index (χ0) is 13.7. The van der Waals surface area contributed by atoms with Crippen molar-refractivity contribution >= 4 is 0 Å². The lowest BCUT2D eigenvalue weighted by Gasteiger charge is -2.14. The van der Waals surface area contributed by atoms with Gasteiger partial charge in [0.15, 0.2) is 0 Å². The molecular weight excluding hydrogens is 234 g/mol. The van der Waals surface area contributed by atoms with Gasteiger partial charge in [0.1, 0.15) is 12.4 Å². The molecule has 100 valence electrons. The van der Waals surface area contributed by atoms with Crippen LogP contribution in [0.1, 0.15) is 29.7 Å². The van der Waals surface area contributed by atoms with Gasteiger partial charge in [0.05, 0.1) is 0 Å². The van der Waals surface area contributed by atoms with Gasteiger partial charge in [0, 0.05) is 6.04 Å². The van der Waals surface area contributed by atoms with E-state index in [0.717, 1.165) is 5.75 Å². The highest BCUT2D eigenvalue weighted by Crippen LogP contribution is 2.23. The highest BCUT2D eigenvalue weighted by Gasteiger charge is 2.06. The third kappa shape index (κ3) is 3.58. The summed E-state index contributed by atoms with van der Waals surface area (Å²) in [6, 6.07) is 17.0. The molecule has 2 aromatic rings. The summed E-state index contributed by atoms with van der Waals surface area (Å²) < 4.78 is 5.87. The first kappa shape index (κ1) is 13.6. The molecule has 2 aromatic carbocycles. The molecule has 2 nitrogen and oxygen atoms in total. The van der Waals surface area contributed by atoms with Crippen LogP contribution >= 0.6 is 0 Å². The molecule has 0 spiro atoms. The molecule has 0 aliphatic heterocycles. The first-order valence-corrected chi connectivity index (χ1v) is 6.65. The fourth-order valence-electron chi connectivity index (χ4n) is 2.01. The van der Waals surface area contributed by atoms with Gasteiger partial charge in [-0.3, -0.25) is 0 Å². The Hall–Kier alpha value is -1.80. The highest BCUT2D eigenvalue weighted by molar-refractivity contribution is 5.37.